The lowest BCUT2D eigenvalue weighted by molar-refractivity contribution is -0.121. The number of carbonyl (C=O) groups is 1. The van der Waals surface area contributed by atoms with E-state index in [2.05, 4.69) is 17.5 Å². The molecule has 146 valence electrons. The highest BCUT2D eigenvalue weighted by Gasteiger charge is 2.01. The number of carbonyl (C=O) groups excluding carboxylic acids is 1. The number of hydrazone groups is 1. The van der Waals surface area contributed by atoms with Crippen molar-refractivity contribution in [1.29, 1.82) is 0 Å². The van der Waals surface area contributed by atoms with Crippen LogP contribution in [0, 0.1) is 0 Å². The van der Waals surface area contributed by atoms with Crippen LogP contribution < -0.4 is 10.2 Å². The van der Waals surface area contributed by atoms with Gasteiger partial charge in [0.15, 0.2) is 0 Å². The minimum atomic E-state index is -0.0212. The first kappa shape index (κ1) is 22.2. The molecule has 4 heteroatoms. The van der Waals surface area contributed by atoms with Gasteiger partial charge in [0.1, 0.15) is 5.75 Å². The molecule has 0 aliphatic carbocycles. The number of unbranched alkanes of at least 4 members (excludes halogenated alkanes) is 10. The van der Waals surface area contributed by atoms with Crippen LogP contribution >= 0.6 is 0 Å². The smallest absolute Gasteiger partial charge is 0.240 e. The molecule has 0 fully saturated rings. The highest BCUT2D eigenvalue weighted by molar-refractivity contribution is 5.85. The van der Waals surface area contributed by atoms with Gasteiger partial charge >= 0.3 is 0 Å². The van der Waals surface area contributed by atoms with E-state index in [1.54, 1.807) is 13.3 Å². The summed E-state index contributed by atoms with van der Waals surface area (Å²) in [7, 11) is 1.62. The van der Waals surface area contributed by atoms with E-state index in [1.807, 2.05) is 24.3 Å². The molecule has 0 unspecified atom stereocenters. The van der Waals surface area contributed by atoms with Gasteiger partial charge in [0.2, 0.25) is 5.91 Å². The van der Waals surface area contributed by atoms with Crippen molar-refractivity contribution in [2.24, 2.45) is 5.10 Å². The predicted molar refractivity (Wildman–Crippen MR) is 110 cm³/mol. The third-order valence-electron chi connectivity index (χ3n) is 4.54. The van der Waals surface area contributed by atoms with E-state index in [9.17, 15) is 4.79 Å². The van der Waals surface area contributed by atoms with E-state index in [4.69, 9.17) is 4.74 Å². The molecular weight excluding hydrogens is 324 g/mol. The second kappa shape index (κ2) is 15.4. The van der Waals surface area contributed by atoms with Crippen molar-refractivity contribution in [3.8, 4) is 5.75 Å². The summed E-state index contributed by atoms with van der Waals surface area (Å²) >= 11 is 0. The summed E-state index contributed by atoms with van der Waals surface area (Å²) in [5, 5.41) is 4.02. The maximum Gasteiger partial charge on any atom is 0.240 e. The monoisotopic (exact) mass is 360 g/mol. The molecule has 0 radical (unpaired) electrons. The topological polar surface area (TPSA) is 50.7 Å². The summed E-state index contributed by atoms with van der Waals surface area (Å²) in [6.07, 6.45) is 16.3. The van der Waals surface area contributed by atoms with Crippen molar-refractivity contribution >= 4 is 12.1 Å². The maximum absolute atomic E-state index is 11.8. The fourth-order valence-electron chi connectivity index (χ4n) is 2.95. The van der Waals surface area contributed by atoms with Gasteiger partial charge in [0.05, 0.1) is 13.3 Å². The van der Waals surface area contributed by atoms with Crippen molar-refractivity contribution in [2.75, 3.05) is 7.11 Å². The van der Waals surface area contributed by atoms with Crippen molar-refractivity contribution in [1.82, 2.24) is 5.43 Å². The molecule has 0 aromatic heterocycles. The van der Waals surface area contributed by atoms with Crippen LogP contribution in [0.5, 0.6) is 5.75 Å². The normalized spacial score (nSPS) is 11.0. The number of methoxy groups -OCH3 is 1. The van der Waals surface area contributed by atoms with Crippen LogP contribution in [-0.4, -0.2) is 19.2 Å². The van der Waals surface area contributed by atoms with Gasteiger partial charge in [-0.1, -0.05) is 83.3 Å². The summed E-state index contributed by atoms with van der Waals surface area (Å²) in [6.45, 7) is 2.26. The minimum absolute atomic E-state index is 0.0212. The number of nitrogens with zero attached hydrogens (tertiary/aromatic N) is 1. The molecule has 1 amide bonds. The number of nitrogens with one attached hydrogen (secondary N) is 1. The summed E-state index contributed by atoms with van der Waals surface area (Å²) < 4.78 is 5.24. The molecule has 0 aliphatic heterocycles. The highest BCUT2D eigenvalue weighted by atomic mass is 16.5. The zero-order chi connectivity index (χ0) is 18.9. The molecule has 0 atom stereocenters. The van der Waals surface area contributed by atoms with E-state index in [1.165, 1.54) is 57.8 Å². The summed E-state index contributed by atoms with van der Waals surface area (Å²) in [6, 6.07) is 7.59. The van der Waals surface area contributed by atoms with E-state index >= 15 is 0 Å². The molecule has 1 N–H and O–H groups in total. The second-order valence-corrected chi connectivity index (χ2v) is 6.82. The average Bonchev–Trinajstić information content (AvgIpc) is 2.66. The SMILES string of the molecule is CCCCCCCCCCCCCC(=O)N/N=C\c1ccccc1OC. The van der Waals surface area contributed by atoms with Crippen molar-refractivity contribution < 1.29 is 9.53 Å². The Morgan fingerprint density at radius 1 is 0.962 bits per heavy atom. The minimum Gasteiger partial charge on any atom is -0.496 e. The van der Waals surface area contributed by atoms with Gasteiger partial charge in [0.25, 0.3) is 0 Å². The molecular formula is C22H36N2O2. The Kier molecular flexibility index (Phi) is 13.2. The zero-order valence-electron chi connectivity index (χ0n) is 16.6. The Morgan fingerprint density at radius 3 is 2.15 bits per heavy atom. The quantitative estimate of drug-likeness (QED) is 0.242. The number of amides is 1. The van der Waals surface area contributed by atoms with Crippen LogP contribution in [-0.2, 0) is 4.79 Å². The molecule has 0 bridgehead atoms. The van der Waals surface area contributed by atoms with Gasteiger partial charge in [-0.25, -0.2) is 5.43 Å². The van der Waals surface area contributed by atoms with Gasteiger partial charge < -0.3 is 4.74 Å². The standard InChI is InChI=1S/C22H36N2O2/c1-3-4-5-6-7-8-9-10-11-12-13-18-22(25)24-23-19-20-16-14-15-17-21(20)26-2/h14-17,19H,3-13,18H2,1-2H3,(H,24,25)/b23-19-. The van der Waals surface area contributed by atoms with E-state index in [0.717, 1.165) is 24.2 Å². The molecule has 0 aliphatic rings. The van der Waals surface area contributed by atoms with Crippen molar-refractivity contribution in [3.63, 3.8) is 0 Å². The van der Waals surface area contributed by atoms with Gasteiger partial charge in [-0.05, 0) is 18.6 Å². The Morgan fingerprint density at radius 2 is 1.54 bits per heavy atom. The van der Waals surface area contributed by atoms with Crippen LogP contribution in [0.15, 0.2) is 29.4 Å². The number of hydrogen-bond donors (Lipinski definition) is 1. The number of ether oxygens (including phenoxy) is 1. The molecule has 1 rings (SSSR count). The second-order valence-electron chi connectivity index (χ2n) is 6.82. The molecule has 0 heterocycles. The molecule has 0 saturated heterocycles. The number of benzene rings is 1. The van der Waals surface area contributed by atoms with Crippen LogP contribution in [0.2, 0.25) is 0 Å². The van der Waals surface area contributed by atoms with Crippen LogP contribution in [0.3, 0.4) is 0 Å². The lowest BCUT2D eigenvalue weighted by Crippen LogP contribution is -2.16. The Bertz CT molecular complexity index is 515. The van der Waals surface area contributed by atoms with Crippen LogP contribution in [0.4, 0.5) is 0 Å². The third-order valence-corrected chi connectivity index (χ3v) is 4.54. The zero-order valence-corrected chi connectivity index (χ0v) is 16.6. The fraction of sp³-hybridized carbons (Fsp3) is 0.636. The molecule has 1 aromatic carbocycles. The van der Waals surface area contributed by atoms with Crippen molar-refractivity contribution in [2.45, 2.75) is 84.0 Å². The highest BCUT2D eigenvalue weighted by Crippen LogP contribution is 2.14. The third kappa shape index (κ3) is 10.9. The Balaban J connectivity index is 1.99. The van der Waals surface area contributed by atoms with Gasteiger partial charge in [-0.3, -0.25) is 4.79 Å². The van der Waals surface area contributed by atoms with E-state index in [-0.39, 0.29) is 5.91 Å². The first-order chi connectivity index (χ1) is 12.8. The van der Waals surface area contributed by atoms with Crippen LogP contribution in [0.1, 0.15) is 89.5 Å². The van der Waals surface area contributed by atoms with Gasteiger partial charge in [-0.15, -0.1) is 0 Å². The number of para-hydroxylation sites is 1. The first-order valence-corrected chi connectivity index (χ1v) is 10.2. The molecule has 26 heavy (non-hydrogen) atoms. The van der Waals surface area contributed by atoms with Gasteiger partial charge in [-0.2, -0.15) is 5.10 Å². The van der Waals surface area contributed by atoms with E-state index < -0.39 is 0 Å². The molecule has 0 spiro atoms. The average molecular weight is 361 g/mol. The lowest BCUT2D eigenvalue weighted by atomic mass is 10.1. The molecule has 1 aromatic rings. The Hall–Kier alpha value is -1.84. The summed E-state index contributed by atoms with van der Waals surface area (Å²) in [5.74, 6) is 0.725. The molecule has 0 saturated carbocycles. The van der Waals surface area contributed by atoms with Crippen LogP contribution in [0.25, 0.3) is 0 Å². The van der Waals surface area contributed by atoms with Gasteiger partial charge in [0, 0.05) is 12.0 Å². The predicted octanol–water partition coefficient (Wildman–Crippen LogP) is 5.85. The fourth-order valence-corrected chi connectivity index (χ4v) is 2.95. The largest absolute Gasteiger partial charge is 0.496 e. The molecule has 4 nitrogen and oxygen atoms in total. The van der Waals surface area contributed by atoms with E-state index in [0.29, 0.717) is 6.42 Å². The summed E-state index contributed by atoms with van der Waals surface area (Å²) in [5.41, 5.74) is 3.44. The number of hydrogen-bond acceptors (Lipinski definition) is 3. The summed E-state index contributed by atoms with van der Waals surface area (Å²) in [4.78, 5) is 11.8. The van der Waals surface area contributed by atoms with Crippen molar-refractivity contribution in [3.05, 3.63) is 29.8 Å². The Labute approximate surface area is 159 Å². The first-order valence-electron chi connectivity index (χ1n) is 10.2. The lowest BCUT2D eigenvalue weighted by Gasteiger charge is -2.04. The maximum atomic E-state index is 11.8. The number of rotatable bonds is 15.